The zero-order valence-corrected chi connectivity index (χ0v) is 18.1. The van der Waals surface area contributed by atoms with Crippen molar-refractivity contribution >= 4 is 47.4 Å². The minimum absolute atomic E-state index is 0.163. The van der Waals surface area contributed by atoms with Crippen LogP contribution in [0.4, 0.5) is 13.2 Å². The Bertz CT molecular complexity index is 1440. The van der Waals surface area contributed by atoms with Gasteiger partial charge in [-0.3, -0.25) is 0 Å². The summed E-state index contributed by atoms with van der Waals surface area (Å²) in [4.78, 5) is 13.1. The van der Waals surface area contributed by atoms with E-state index in [0.29, 0.717) is 52.1 Å². The van der Waals surface area contributed by atoms with E-state index in [1.165, 1.54) is 21.4 Å². The molecule has 0 spiro atoms. The number of hydrogen-bond donors (Lipinski definition) is 0. The summed E-state index contributed by atoms with van der Waals surface area (Å²) in [5, 5.41) is 5.05. The SMILES string of the molecule is Cc1cc(C(F)(F)F)nc2sc3c(ncn4nc([C@@H]5CCCN(S(C)(=O)=O)C5)nc34)c12. The monoisotopic (exact) mass is 470 g/mol. The topological polar surface area (TPSA) is 93.4 Å². The van der Waals surface area contributed by atoms with Crippen LogP contribution in [0.2, 0.25) is 0 Å². The molecule has 4 aromatic heterocycles. The first-order valence-corrected chi connectivity index (χ1v) is 12.2. The molecule has 5 heterocycles. The van der Waals surface area contributed by atoms with Crippen molar-refractivity contribution in [3.05, 3.63) is 29.5 Å². The molecule has 1 atom stereocenters. The number of hydrogen-bond acceptors (Lipinski definition) is 7. The second-order valence-corrected chi connectivity index (χ2v) is 10.7. The molecule has 0 amide bonds. The largest absolute Gasteiger partial charge is 0.433 e. The molecular weight excluding hydrogens is 453 g/mol. The first-order valence-electron chi connectivity index (χ1n) is 9.50. The number of fused-ring (bicyclic) bond motifs is 5. The quantitative estimate of drug-likeness (QED) is 0.446. The molecule has 0 aliphatic carbocycles. The number of rotatable bonds is 2. The van der Waals surface area contributed by atoms with Crippen molar-refractivity contribution in [3.63, 3.8) is 0 Å². The molecule has 0 bridgehead atoms. The van der Waals surface area contributed by atoms with Gasteiger partial charge in [0.25, 0.3) is 0 Å². The Morgan fingerprint density at radius 3 is 2.74 bits per heavy atom. The lowest BCUT2D eigenvalue weighted by Crippen LogP contribution is -2.38. The third kappa shape index (κ3) is 3.44. The molecule has 1 fully saturated rings. The van der Waals surface area contributed by atoms with Crippen molar-refractivity contribution in [2.24, 2.45) is 0 Å². The molecule has 0 unspecified atom stereocenters. The fraction of sp³-hybridized carbons (Fsp3) is 0.444. The molecule has 1 aliphatic heterocycles. The van der Waals surface area contributed by atoms with Crippen molar-refractivity contribution in [2.45, 2.75) is 31.9 Å². The summed E-state index contributed by atoms with van der Waals surface area (Å²) in [5.41, 5.74) is 0.514. The normalized spacial score (nSPS) is 19.1. The minimum atomic E-state index is -4.54. The number of sulfonamides is 1. The number of thiophene rings is 1. The van der Waals surface area contributed by atoms with Crippen molar-refractivity contribution < 1.29 is 21.6 Å². The Morgan fingerprint density at radius 1 is 1.26 bits per heavy atom. The number of pyridine rings is 1. The maximum Gasteiger partial charge on any atom is 0.433 e. The van der Waals surface area contributed by atoms with Gasteiger partial charge in [-0.1, -0.05) is 0 Å². The van der Waals surface area contributed by atoms with Crippen LogP contribution in [0.15, 0.2) is 12.4 Å². The van der Waals surface area contributed by atoms with Crippen molar-refractivity contribution in [3.8, 4) is 0 Å². The zero-order chi connectivity index (χ0) is 22.1. The number of piperidine rings is 1. The maximum absolute atomic E-state index is 13.2. The summed E-state index contributed by atoms with van der Waals surface area (Å²) in [6.45, 7) is 2.37. The molecule has 0 aromatic carbocycles. The summed E-state index contributed by atoms with van der Waals surface area (Å²) in [6, 6.07) is 1.03. The third-order valence-electron chi connectivity index (χ3n) is 5.49. The van der Waals surface area contributed by atoms with Gasteiger partial charge in [0.1, 0.15) is 21.6 Å². The Labute approximate surface area is 178 Å². The van der Waals surface area contributed by atoms with Crippen LogP contribution >= 0.6 is 11.3 Å². The van der Waals surface area contributed by atoms with E-state index in [-0.39, 0.29) is 10.7 Å². The van der Waals surface area contributed by atoms with Gasteiger partial charge in [-0.05, 0) is 31.4 Å². The van der Waals surface area contributed by atoms with Crippen LogP contribution < -0.4 is 0 Å². The number of aryl methyl sites for hydroxylation is 1. The first kappa shape index (κ1) is 20.5. The number of aromatic nitrogens is 5. The predicted octanol–water partition coefficient (Wildman–Crippen LogP) is 3.35. The van der Waals surface area contributed by atoms with Gasteiger partial charge < -0.3 is 0 Å². The molecule has 0 saturated carbocycles. The molecule has 31 heavy (non-hydrogen) atoms. The molecule has 8 nitrogen and oxygen atoms in total. The fourth-order valence-electron chi connectivity index (χ4n) is 4.00. The highest BCUT2D eigenvalue weighted by Gasteiger charge is 2.34. The van der Waals surface area contributed by atoms with E-state index in [1.807, 2.05) is 0 Å². The van der Waals surface area contributed by atoms with Crippen molar-refractivity contribution in [2.75, 3.05) is 19.3 Å². The van der Waals surface area contributed by atoms with E-state index in [1.54, 1.807) is 6.92 Å². The standard InChI is InChI=1S/C18H17F3N6O2S2/c1-9-6-11(18(19,20)21)23-17-12(9)13-14(30-17)16-24-15(25-27(16)8-22-13)10-4-3-5-26(7-10)31(2,28)29/h6,8,10H,3-5,7H2,1-2H3/t10-/m1/s1. The summed E-state index contributed by atoms with van der Waals surface area (Å²) in [6.07, 6.45) is -0.419. The average molecular weight is 471 g/mol. The smallest absolute Gasteiger partial charge is 0.234 e. The van der Waals surface area contributed by atoms with E-state index in [9.17, 15) is 21.6 Å². The second kappa shape index (κ2) is 6.81. The molecule has 4 aromatic rings. The van der Waals surface area contributed by atoms with Crippen molar-refractivity contribution in [1.82, 2.24) is 28.9 Å². The predicted molar refractivity (Wildman–Crippen MR) is 110 cm³/mol. The second-order valence-electron chi connectivity index (χ2n) is 7.73. The van der Waals surface area contributed by atoms with Crippen LogP contribution in [-0.2, 0) is 16.2 Å². The maximum atomic E-state index is 13.2. The Morgan fingerprint density at radius 2 is 2.03 bits per heavy atom. The molecule has 164 valence electrons. The summed E-state index contributed by atoms with van der Waals surface area (Å²) in [7, 11) is -3.31. The highest BCUT2D eigenvalue weighted by Crippen LogP contribution is 2.39. The fourth-order valence-corrected chi connectivity index (χ4v) is 6.09. The highest BCUT2D eigenvalue weighted by molar-refractivity contribution is 7.88. The molecule has 13 heteroatoms. The van der Waals surface area contributed by atoms with Crippen LogP contribution in [0, 0.1) is 6.92 Å². The van der Waals surface area contributed by atoms with Gasteiger partial charge in [0, 0.05) is 24.4 Å². The van der Waals surface area contributed by atoms with E-state index in [0.717, 1.165) is 23.8 Å². The Kier molecular flexibility index (Phi) is 4.51. The molecule has 0 radical (unpaired) electrons. The van der Waals surface area contributed by atoms with Crippen LogP contribution in [-0.4, -0.2) is 56.6 Å². The van der Waals surface area contributed by atoms with Gasteiger partial charge in [-0.15, -0.1) is 16.4 Å². The van der Waals surface area contributed by atoms with Gasteiger partial charge in [-0.25, -0.2) is 32.2 Å². The van der Waals surface area contributed by atoms with Gasteiger partial charge in [-0.2, -0.15) is 13.2 Å². The molecule has 1 saturated heterocycles. The van der Waals surface area contributed by atoms with E-state index in [4.69, 9.17) is 0 Å². The molecule has 1 aliphatic rings. The van der Waals surface area contributed by atoms with E-state index < -0.39 is 21.9 Å². The highest BCUT2D eigenvalue weighted by atomic mass is 32.2. The number of halogens is 3. The lowest BCUT2D eigenvalue weighted by atomic mass is 9.99. The third-order valence-corrected chi connectivity index (χ3v) is 7.83. The van der Waals surface area contributed by atoms with Crippen molar-refractivity contribution in [1.29, 1.82) is 0 Å². The Balaban J connectivity index is 1.64. The summed E-state index contributed by atoms with van der Waals surface area (Å²) < 4.78 is 66.9. The van der Waals surface area contributed by atoms with E-state index >= 15 is 0 Å². The molecule has 0 N–H and O–H groups in total. The van der Waals surface area contributed by atoms with Gasteiger partial charge >= 0.3 is 6.18 Å². The van der Waals surface area contributed by atoms with Gasteiger partial charge in [0.15, 0.2) is 11.5 Å². The molecule has 5 rings (SSSR count). The lowest BCUT2D eigenvalue weighted by molar-refractivity contribution is -0.141. The summed E-state index contributed by atoms with van der Waals surface area (Å²) >= 11 is 1.10. The van der Waals surface area contributed by atoms with Gasteiger partial charge in [0.05, 0.1) is 11.8 Å². The van der Waals surface area contributed by atoms with Gasteiger partial charge in [0.2, 0.25) is 10.0 Å². The number of nitrogens with zero attached hydrogens (tertiary/aromatic N) is 6. The zero-order valence-electron chi connectivity index (χ0n) is 16.5. The lowest BCUT2D eigenvalue weighted by Gasteiger charge is -2.29. The van der Waals surface area contributed by atoms with E-state index in [2.05, 4.69) is 20.1 Å². The molecular formula is C18H17F3N6O2S2. The minimum Gasteiger partial charge on any atom is -0.234 e. The van der Waals surface area contributed by atoms with Crippen LogP contribution in [0.1, 0.15) is 35.8 Å². The summed E-state index contributed by atoms with van der Waals surface area (Å²) in [5.74, 6) is 0.338. The van der Waals surface area contributed by atoms with Crippen LogP contribution in [0.5, 0.6) is 0 Å². The van der Waals surface area contributed by atoms with Crippen LogP contribution in [0.3, 0.4) is 0 Å². The number of alkyl halides is 3. The van der Waals surface area contributed by atoms with Crippen LogP contribution in [0.25, 0.3) is 26.1 Å². The Hall–Kier alpha value is -2.38. The first-order chi connectivity index (χ1) is 14.5. The average Bonchev–Trinajstić information content (AvgIpc) is 3.28.